The quantitative estimate of drug-likeness (QED) is 0.304. The molecule has 1 aliphatic carbocycles. The highest BCUT2D eigenvalue weighted by molar-refractivity contribution is 6.01. The number of imidazole rings is 1. The fourth-order valence-electron chi connectivity index (χ4n) is 8.55. The van der Waals surface area contributed by atoms with Gasteiger partial charge >= 0.3 is 0 Å². The predicted molar refractivity (Wildman–Crippen MR) is 175 cm³/mol. The van der Waals surface area contributed by atoms with Crippen molar-refractivity contribution in [1.29, 1.82) is 0 Å². The van der Waals surface area contributed by atoms with Crippen molar-refractivity contribution in [3.63, 3.8) is 0 Å². The fourth-order valence-corrected chi connectivity index (χ4v) is 8.55. The average molecular weight is 609 g/mol. The van der Waals surface area contributed by atoms with Gasteiger partial charge in [0.25, 0.3) is 5.91 Å². The molecule has 4 atom stereocenters. The first-order valence-electron chi connectivity index (χ1n) is 16.9. The number of aryl methyl sites for hydroxylation is 2. The Hall–Kier alpha value is -3.85. The number of aromatic nitrogens is 3. The summed E-state index contributed by atoms with van der Waals surface area (Å²) >= 11 is 0. The fraction of sp³-hybridized carbons (Fsp3) is 0.528. The number of ether oxygens (including phenoxy) is 1. The number of amides is 2. The second-order valence-electron chi connectivity index (χ2n) is 14.1. The Balaban J connectivity index is 1.20. The smallest absolute Gasteiger partial charge is 0.254 e. The molecule has 0 radical (unpaired) electrons. The van der Waals surface area contributed by atoms with E-state index in [1.54, 1.807) is 7.11 Å². The molecule has 0 unspecified atom stereocenters. The number of methoxy groups -OCH3 is 1. The number of carbonyl (C=O) groups is 2. The van der Waals surface area contributed by atoms with E-state index >= 15 is 0 Å². The summed E-state index contributed by atoms with van der Waals surface area (Å²) in [6.45, 7) is 2.98. The second kappa shape index (κ2) is 10.6. The van der Waals surface area contributed by atoms with Crippen molar-refractivity contribution in [1.82, 2.24) is 24.3 Å². The highest BCUT2D eigenvalue weighted by Crippen LogP contribution is 2.50. The maximum atomic E-state index is 13.8. The van der Waals surface area contributed by atoms with Gasteiger partial charge in [0.2, 0.25) is 5.91 Å². The van der Waals surface area contributed by atoms with Gasteiger partial charge in [-0.15, -0.1) is 0 Å². The number of hydrogen-bond donors (Lipinski definition) is 2. The molecule has 9 heteroatoms. The summed E-state index contributed by atoms with van der Waals surface area (Å²) in [5, 5.41) is 4.48. The SMILES string of the molecule is COc1cc(C(=O)N2[C@H]3CC[C@@H]2[C@H](N)C3)cc2nc(-c3cc4ccc5cc4n3CCCCCCC3(CC3)C(=O)N[C@@H]5C)n(C)c12. The van der Waals surface area contributed by atoms with Crippen LogP contribution in [0.3, 0.4) is 0 Å². The van der Waals surface area contributed by atoms with Crippen LogP contribution in [0.5, 0.6) is 5.75 Å². The van der Waals surface area contributed by atoms with E-state index in [1.807, 2.05) is 24.1 Å². The number of carbonyl (C=O) groups excluding carboxylic acids is 2. The van der Waals surface area contributed by atoms with Gasteiger partial charge in [0, 0.05) is 53.6 Å². The topological polar surface area (TPSA) is 107 Å². The number of benzene rings is 2. The molecule has 2 aromatic carbocycles. The molecule has 2 aromatic heterocycles. The lowest BCUT2D eigenvalue weighted by molar-refractivity contribution is -0.127. The first kappa shape index (κ1) is 28.6. The van der Waals surface area contributed by atoms with Crippen LogP contribution in [-0.4, -0.2) is 56.1 Å². The third-order valence-electron chi connectivity index (χ3n) is 11.3. The molecule has 5 heterocycles. The zero-order valence-electron chi connectivity index (χ0n) is 26.6. The molecule has 3 fully saturated rings. The normalized spacial score (nSPS) is 26.1. The minimum Gasteiger partial charge on any atom is -0.494 e. The van der Waals surface area contributed by atoms with E-state index in [0.29, 0.717) is 11.3 Å². The maximum Gasteiger partial charge on any atom is 0.254 e. The minimum atomic E-state index is -0.136. The molecule has 9 nitrogen and oxygen atoms in total. The van der Waals surface area contributed by atoms with E-state index in [9.17, 15) is 9.59 Å². The summed E-state index contributed by atoms with van der Waals surface area (Å²) < 4.78 is 10.4. The van der Waals surface area contributed by atoms with E-state index < -0.39 is 0 Å². The van der Waals surface area contributed by atoms with Crippen LogP contribution in [-0.2, 0) is 18.4 Å². The van der Waals surface area contributed by atoms with Crippen LogP contribution in [0.4, 0.5) is 0 Å². The van der Waals surface area contributed by atoms with Crippen LogP contribution in [0, 0.1) is 5.41 Å². The van der Waals surface area contributed by atoms with Crippen molar-refractivity contribution in [3.05, 3.63) is 47.5 Å². The number of hydrogen-bond acceptors (Lipinski definition) is 5. The van der Waals surface area contributed by atoms with E-state index in [0.717, 1.165) is 110 Å². The number of fused-ring (bicyclic) bond motifs is 4. The number of nitrogens with zero attached hydrogens (tertiary/aromatic N) is 4. The first-order chi connectivity index (χ1) is 21.8. The Kier molecular flexibility index (Phi) is 6.75. The maximum absolute atomic E-state index is 13.8. The van der Waals surface area contributed by atoms with E-state index in [4.69, 9.17) is 15.5 Å². The van der Waals surface area contributed by atoms with Crippen LogP contribution >= 0.6 is 0 Å². The highest BCUT2D eigenvalue weighted by Gasteiger charge is 2.49. The van der Waals surface area contributed by atoms with Gasteiger partial charge in [0.05, 0.1) is 24.4 Å². The summed E-state index contributed by atoms with van der Waals surface area (Å²) in [5.41, 5.74) is 11.8. The second-order valence-corrected chi connectivity index (χ2v) is 14.1. The zero-order chi connectivity index (χ0) is 31.0. The van der Waals surface area contributed by atoms with Gasteiger partial charge in [0.1, 0.15) is 11.3 Å². The van der Waals surface area contributed by atoms with Crippen LogP contribution in [0.1, 0.15) is 93.1 Å². The molecule has 236 valence electrons. The van der Waals surface area contributed by atoms with Gasteiger partial charge in [-0.2, -0.15) is 0 Å². The van der Waals surface area contributed by atoms with E-state index in [1.165, 1.54) is 0 Å². The first-order valence-corrected chi connectivity index (χ1v) is 16.9. The van der Waals surface area contributed by atoms with Crippen LogP contribution in [0.25, 0.3) is 33.5 Å². The Bertz CT molecular complexity index is 1830. The van der Waals surface area contributed by atoms with Gasteiger partial charge in [-0.1, -0.05) is 31.4 Å². The Morgan fingerprint density at radius 1 is 1.07 bits per heavy atom. The van der Waals surface area contributed by atoms with Crippen molar-refractivity contribution >= 4 is 33.8 Å². The highest BCUT2D eigenvalue weighted by atomic mass is 16.5. The monoisotopic (exact) mass is 608 g/mol. The van der Waals surface area contributed by atoms with Gasteiger partial charge < -0.3 is 29.8 Å². The van der Waals surface area contributed by atoms with Crippen LogP contribution in [0.15, 0.2) is 36.4 Å². The summed E-state index contributed by atoms with van der Waals surface area (Å²) in [6, 6.07) is 12.9. The summed E-state index contributed by atoms with van der Waals surface area (Å²) in [6.07, 6.45) is 10.3. The molecule has 1 saturated carbocycles. The Labute approximate surface area is 264 Å². The van der Waals surface area contributed by atoms with Gasteiger partial charge in [-0.05, 0) is 81.7 Å². The molecule has 8 rings (SSSR count). The summed E-state index contributed by atoms with van der Waals surface area (Å²) in [4.78, 5) is 34.2. The molecule has 2 saturated heterocycles. The van der Waals surface area contributed by atoms with E-state index in [-0.39, 0.29) is 41.4 Å². The lowest BCUT2D eigenvalue weighted by Crippen LogP contribution is -2.40. The van der Waals surface area contributed by atoms with Crippen molar-refractivity contribution in [3.8, 4) is 17.3 Å². The average Bonchev–Trinajstić information content (AvgIpc) is 3.27. The van der Waals surface area contributed by atoms with Crippen LogP contribution < -0.4 is 15.8 Å². The molecular weight excluding hydrogens is 564 g/mol. The lowest BCUT2D eigenvalue weighted by Gasteiger charge is -2.23. The largest absolute Gasteiger partial charge is 0.494 e. The molecular formula is C36H44N6O3. The molecule has 45 heavy (non-hydrogen) atoms. The molecule has 3 N–H and O–H groups in total. The standard InChI is InChI=1S/C36H44N6O3/c1-21-22-8-9-23-18-30(41(29(23)17-22)15-7-5-4-6-12-36(13-14-36)35(44)38-21)33-39-27-16-24(19-31(45-3)32(27)40(33)2)34(43)42-25-10-11-28(42)26(37)20-25/h8-9,16-19,21,25-26,28H,4-7,10-15,20,37H2,1-3H3,(H,38,44)/t21-,25+,26-,28-/m1/s1. The lowest BCUT2D eigenvalue weighted by atomic mass is 9.95. The van der Waals surface area contributed by atoms with Crippen molar-refractivity contribution in [2.24, 2.45) is 18.2 Å². The minimum absolute atomic E-state index is 0.0199. The molecule has 3 aliphatic heterocycles. The third kappa shape index (κ3) is 4.56. The van der Waals surface area contributed by atoms with Gasteiger partial charge in [-0.25, -0.2) is 4.98 Å². The third-order valence-corrected chi connectivity index (χ3v) is 11.3. The molecule has 4 aromatic rings. The van der Waals surface area contributed by atoms with Crippen molar-refractivity contribution < 1.29 is 14.3 Å². The van der Waals surface area contributed by atoms with Crippen LogP contribution in [0.2, 0.25) is 0 Å². The zero-order valence-corrected chi connectivity index (χ0v) is 26.6. The Morgan fingerprint density at radius 3 is 2.62 bits per heavy atom. The Morgan fingerprint density at radius 2 is 1.89 bits per heavy atom. The van der Waals surface area contributed by atoms with Crippen molar-refractivity contribution in [2.75, 3.05) is 7.11 Å². The molecule has 2 amide bonds. The predicted octanol–water partition coefficient (Wildman–Crippen LogP) is 5.83. The molecule has 4 bridgehead atoms. The van der Waals surface area contributed by atoms with Gasteiger partial charge in [-0.3, -0.25) is 9.59 Å². The summed E-state index contributed by atoms with van der Waals surface area (Å²) in [5.74, 6) is 1.72. The summed E-state index contributed by atoms with van der Waals surface area (Å²) in [7, 11) is 3.68. The molecule has 4 aliphatic rings. The number of rotatable bonds is 3. The molecule has 1 spiro atoms. The van der Waals surface area contributed by atoms with Crippen molar-refractivity contribution in [2.45, 2.75) is 102 Å². The number of nitrogens with one attached hydrogen (secondary N) is 1. The number of nitrogens with two attached hydrogens (primary N) is 1. The van der Waals surface area contributed by atoms with Gasteiger partial charge in [0.15, 0.2) is 5.82 Å². The van der Waals surface area contributed by atoms with E-state index in [2.05, 4.69) is 45.6 Å².